The van der Waals surface area contributed by atoms with Gasteiger partial charge in [0.05, 0.1) is 0 Å². The van der Waals surface area contributed by atoms with E-state index in [0.29, 0.717) is 12.8 Å². The molecule has 0 aliphatic heterocycles. The topological polar surface area (TPSA) is 75.6 Å². The van der Waals surface area contributed by atoms with Crippen LogP contribution in [0.1, 0.15) is 40.5 Å². The normalized spacial score (nSPS) is 20.0. The van der Waals surface area contributed by atoms with E-state index in [1.165, 1.54) is 6.92 Å². The van der Waals surface area contributed by atoms with E-state index in [2.05, 4.69) is 5.32 Å². The van der Waals surface area contributed by atoms with E-state index >= 15 is 0 Å². The number of nitrogens with one attached hydrogen (secondary N) is 1. The molecule has 0 bridgehead atoms. The molecule has 0 spiro atoms. The molecule has 0 aromatic heterocycles. The molecule has 0 aromatic carbocycles. The SMILES string of the molecule is CC(NC1(C(=O)OC(C)(C)C)CC1)C(=O)O. The monoisotopic (exact) mass is 229 g/mol. The highest BCUT2D eigenvalue weighted by molar-refractivity contribution is 5.86. The van der Waals surface area contributed by atoms with Gasteiger partial charge in [-0.05, 0) is 40.5 Å². The van der Waals surface area contributed by atoms with Crippen LogP contribution in [0.25, 0.3) is 0 Å². The van der Waals surface area contributed by atoms with Crippen LogP contribution in [0, 0.1) is 0 Å². The number of esters is 1. The molecular formula is C11H19NO4. The molecule has 0 radical (unpaired) electrons. The zero-order valence-corrected chi connectivity index (χ0v) is 10.2. The molecule has 0 aromatic rings. The molecule has 1 fully saturated rings. The number of rotatable bonds is 4. The maximum absolute atomic E-state index is 11.8. The largest absolute Gasteiger partial charge is 0.480 e. The van der Waals surface area contributed by atoms with Crippen molar-refractivity contribution in [2.75, 3.05) is 0 Å². The molecule has 0 heterocycles. The van der Waals surface area contributed by atoms with Gasteiger partial charge in [-0.2, -0.15) is 0 Å². The van der Waals surface area contributed by atoms with Crippen molar-refractivity contribution < 1.29 is 19.4 Å². The Hall–Kier alpha value is -1.10. The van der Waals surface area contributed by atoms with Crippen LogP contribution in [0.15, 0.2) is 0 Å². The maximum Gasteiger partial charge on any atom is 0.326 e. The molecular weight excluding hydrogens is 210 g/mol. The number of ether oxygens (including phenoxy) is 1. The minimum Gasteiger partial charge on any atom is -0.480 e. The van der Waals surface area contributed by atoms with Crippen LogP contribution in [0.3, 0.4) is 0 Å². The van der Waals surface area contributed by atoms with Crippen LogP contribution in [-0.2, 0) is 14.3 Å². The highest BCUT2D eigenvalue weighted by atomic mass is 16.6. The highest BCUT2D eigenvalue weighted by Crippen LogP contribution is 2.38. The van der Waals surface area contributed by atoms with Crippen molar-refractivity contribution in [3.8, 4) is 0 Å². The molecule has 1 aliphatic carbocycles. The van der Waals surface area contributed by atoms with Gasteiger partial charge in [0.15, 0.2) is 0 Å². The van der Waals surface area contributed by atoms with E-state index in [1.54, 1.807) is 20.8 Å². The van der Waals surface area contributed by atoms with Crippen LogP contribution in [0.2, 0.25) is 0 Å². The summed E-state index contributed by atoms with van der Waals surface area (Å²) in [6.07, 6.45) is 1.28. The molecule has 1 rings (SSSR count). The first-order chi connectivity index (χ1) is 7.16. The number of carboxylic acid groups (broad SMARTS) is 1. The third-order valence-electron chi connectivity index (χ3n) is 2.40. The third-order valence-corrected chi connectivity index (χ3v) is 2.40. The van der Waals surface area contributed by atoms with Gasteiger partial charge in [-0.25, -0.2) is 0 Å². The highest BCUT2D eigenvalue weighted by Gasteiger charge is 2.53. The predicted molar refractivity (Wildman–Crippen MR) is 58.0 cm³/mol. The average Bonchev–Trinajstić information content (AvgIpc) is 2.82. The Morgan fingerprint density at radius 3 is 2.19 bits per heavy atom. The average molecular weight is 229 g/mol. The molecule has 5 heteroatoms. The molecule has 2 N–H and O–H groups in total. The van der Waals surface area contributed by atoms with E-state index in [1.807, 2.05) is 0 Å². The van der Waals surface area contributed by atoms with Crippen LogP contribution in [-0.4, -0.2) is 34.2 Å². The Bertz CT molecular complexity index is 302. The van der Waals surface area contributed by atoms with Crippen LogP contribution >= 0.6 is 0 Å². The fraction of sp³-hybridized carbons (Fsp3) is 0.818. The van der Waals surface area contributed by atoms with Crippen molar-refractivity contribution in [1.29, 1.82) is 0 Å². The molecule has 0 saturated heterocycles. The number of hydrogen-bond donors (Lipinski definition) is 2. The van der Waals surface area contributed by atoms with Gasteiger partial charge >= 0.3 is 11.9 Å². The van der Waals surface area contributed by atoms with Crippen molar-refractivity contribution in [3.05, 3.63) is 0 Å². The Kier molecular flexibility index (Phi) is 3.28. The van der Waals surface area contributed by atoms with E-state index in [0.717, 1.165) is 0 Å². The molecule has 1 atom stereocenters. The lowest BCUT2D eigenvalue weighted by molar-refractivity contribution is -0.159. The van der Waals surface area contributed by atoms with Gasteiger partial charge in [-0.1, -0.05) is 0 Å². The van der Waals surface area contributed by atoms with Gasteiger partial charge in [-0.3, -0.25) is 14.9 Å². The molecule has 16 heavy (non-hydrogen) atoms. The first-order valence-corrected chi connectivity index (χ1v) is 5.40. The third kappa shape index (κ3) is 3.20. The molecule has 5 nitrogen and oxygen atoms in total. The van der Waals surface area contributed by atoms with Gasteiger partial charge in [0.1, 0.15) is 17.2 Å². The van der Waals surface area contributed by atoms with Gasteiger partial charge < -0.3 is 9.84 Å². The molecule has 0 amide bonds. The molecule has 1 aliphatic rings. The Morgan fingerprint density at radius 1 is 1.38 bits per heavy atom. The van der Waals surface area contributed by atoms with E-state index in [9.17, 15) is 9.59 Å². The Balaban J connectivity index is 2.58. The minimum absolute atomic E-state index is 0.354. The first kappa shape index (κ1) is 13.0. The minimum atomic E-state index is -0.963. The predicted octanol–water partition coefficient (Wildman–Crippen LogP) is 0.923. The standard InChI is InChI=1S/C11H19NO4/c1-7(8(13)14)12-11(5-6-11)9(15)16-10(2,3)4/h7,12H,5-6H2,1-4H3,(H,13,14). The van der Waals surface area contributed by atoms with Crippen molar-refractivity contribution >= 4 is 11.9 Å². The number of carboxylic acids is 1. The summed E-state index contributed by atoms with van der Waals surface area (Å²) in [5.41, 5.74) is -1.31. The van der Waals surface area contributed by atoms with Crippen molar-refractivity contribution in [3.63, 3.8) is 0 Å². The molecule has 92 valence electrons. The summed E-state index contributed by atoms with van der Waals surface area (Å²) in [5.74, 6) is -1.32. The zero-order valence-electron chi connectivity index (χ0n) is 10.2. The molecule has 1 unspecified atom stereocenters. The fourth-order valence-electron chi connectivity index (χ4n) is 1.38. The second kappa shape index (κ2) is 4.05. The lowest BCUT2D eigenvalue weighted by Crippen LogP contribution is -2.49. The van der Waals surface area contributed by atoms with Crippen LogP contribution in [0.4, 0.5) is 0 Å². The smallest absolute Gasteiger partial charge is 0.326 e. The summed E-state index contributed by atoms with van der Waals surface area (Å²) >= 11 is 0. The van der Waals surface area contributed by atoms with E-state index in [4.69, 9.17) is 9.84 Å². The van der Waals surface area contributed by atoms with Gasteiger partial charge in [0.25, 0.3) is 0 Å². The maximum atomic E-state index is 11.8. The number of aliphatic carboxylic acids is 1. The van der Waals surface area contributed by atoms with Crippen LogP contribution < -0.4 is 5.32 Å². The number of carbonyl (C=O) groups excluding carboxylic acids is 1. The number of hydrogen-bond acceptors (Lipinski definition) is 4. The van der Waals surface area contributed by atoms with E-state index < -0.39 is 23.2 Å². The zero-order chi connectivity index (χ0) is 12.6. The van der Waals surface area contributed by atoms with Gasteiger partial charge in [0, 0.05) is 0 Å². The van der Waals surface area contributed by atoms with Crippen molar-refractivity contribution in [2.24, 2.45) is 0 Å². The Labute approximate surface area is 95.2 Å². The lowest BCUT2D eigenvalue weighted by Gasteiger charge is -2.25. The second-order valence-corrected chi connectivity index (χ2v) is 5.29. The summed E-state index contributed by atoms with van der Waals surface area (Å²) in [7, 11) is 0. The van der Waals surface area contributed by atoms with Gasteiger partial charge in [-0.15, -0.1) is 0 Å². The summed E-state index contributed by atoms with van der Waals surface area (Å²) in [6.45, 7) is 6.90. The van der Waals surface area contributed by atoms with E-state index in [-0.39, 0.29) is 5.97 Å². The van der Waals surface area contributed by atoms with Crippen molar-refractivity contribution in [1.82, 2.24) is 5.32 Å². The number of carbonyl (C=O) groups is 2. The summed E-state index contributed by atoms with van der Waals surface area (Å²) in [4.78, 5) is 22.5. The lowest BCUT2D eigenvalue weighted by atomic mass is 10.1. The quantitative estimate of drug-likeness (QED) is 0.701. The van der Waals surface area contributed by atoms with Crippen LogP contribution in [0.5, 0.6) is 0 Å². The summed E-state index contributed by atoms with van der Waals surface area (Å²) in [6, 6.07) is -0.741. The first-order valence-electron chi connectivity index (χ1n) is 5.40. The second-order valence-electron chi connectivity index (χ2n) is 5.29. The van der Waals surface area contributed by atoms with Crippen molar-refractivity contribution in [2.45, 2.75) is 57.7 Å². The molecule has 1 saturated carbocycles. The summed E-state index contributed by atoms with van der Waals surface area (Å²) < 4.78 is 5.25. The Morgan fingerprint density at radius 2 is 1.88 bits per heavy atom. The fourth-order valence-corrected chi connectivity index (χ4v) is 1.38. The van der Waals surface area contributed by atoms with Gasteiger partial charge in [0.2, 0.25) is 0 Å². The summed E-state index contributed by atoms with van der Waals surface area (Å²) in [5, 5.41) is 11.6.